The van der Waals surface area contributed by atoms with Crippen LogP contribution in [0.25, 0.3) is 0 Å². The average Bonchev–Trinajstić information content (AvgIpc) is 3.02. The SMILES string of the molecule is CC(C)(C)OC(=O)N[C@H]1CC2CC[C@@H](C1)N2c1ccc(B2OC(C)(C)C(C)(C)O2)cn1. The van der Waals surface area contributed by atoms with Crippen molar-refractivity contribution < 1.29 is 18.8 Å². The van der Waals surface area contributed by atoms with E-state index in [0.717, 1.165) is 37.0 Å². The Hall–Kier alpha value is -1.80. The van der Waals surface area contributed by atoms with Gasteiger partial charge in [-0.3, -0.25) is 0 Å². The van der Waals surface area contributed by atoms with Crippen LogP contribution in [0.4, 0.5) is 10.6 Å². The molecule has 3 aliphatic rings. The van der Waals surface area contributed by atoms with E-state index < -0.39 is 12.7 Å². The second-order valence-corrected chi connectivity index (χ2v) is 11.1. The first-order valence-corrected chi connectivity index (χ1v) is 11.4. The number of anilines is 1. The van der Waals surface area contributed by atoms with Crippen molar-refractivity contribution in [2.24, 2.45) is 0 Å². The van der Waals surface area contributed by atoms with E-state index in [-0.39, 0.29) is 23.3 Å². The molecule has 4 heterocycles. The highest BCUT2D eigenvalue weighted by Gasteiger charge is 2.52. The first-order chi connectivity index (χ1) is 14.3. The Morgan fingerprint density at radius 2 is 1.71 bits per heavy atom. The van der Waals surface area contributed by atoms with Gasteiger partial charge in [0.15, 0.2) is 0 Å². The normalized spacial score (nSPS) is 29.2. The van der Waals surface area contributed by atoms with Crippen molar-refractivity contribution in [3.8, 4) is 0 Å². The lowest BCUT2D eigenvalue weighted by atomic mass is 9.80. The fraction of sp³-hybridized carbons (Fsp3) is 0.739. The number of alkyl carbamates (subject to hydrolysis) is 1. The third-order valence-electron chi connectivity index (χ3n) is 7.01. The number of rotatable bonds is 3. The molecule has 0 spiro atoms. The summed E-state index contributed by atoms with van der Waals surface area (Å²) in [6.45, 7) is 13.9. The van der Waals surface area contributed by atoms with Crippen molar-refractivity contribution in [1.29, 1.82) is 0 Å². The number of ether oxygens (including phenoxy) is 1. The molecule has 170 valence electrons. The summed E-state index contributed by atoms with van der Waals surface area (Å²) in [6.07, 6.45) is 5.62. The van der Waals surface area contributed by atoms with Crippen molar-refractivity contribution in [3.05, 3.63) is 18.3 Å². The van der Waals surface area contributed by atoms with Gasteiger partial charge in [-0.2, -0.15) is 0 Å². The Morgan fingerprint density at radius 1 is 1.13 bits per heavy atom. The number of nitrogens with zero attached hydrogens (tertiary/aromatic N) is 2. The number of carbonyl (C=O) groups excluding carboxylic acids is 1. The zero-order chi connectivity index (χ0) is 22.6. The molecule has 0 aromatic carbocycles. The van der Waals surface area contributed by atoms with Gasteiger partial charge in [-0.05, 0) is 80.2 Å². The standard InChI is InChI=1S/C23H36BN3O4/c1-21(2,3)29-20(28)26-16-12-17-9-10-18(13-16)27(17)19-11-8-15(14-25-19)24-30-22(4,5)23(6,7)31-24/h8,11,14,16-18H,9-10,12-13H2,1-7H3,(H,26,28)/t16-,17+,18?/m1/s1. The van der Waals surface area contributed by atoms with Gasteiger partial charge in [-0.1, -0.05) is 6.07 Å². The van der Waals surface area contributed by atoms with Gasteiger partial charge < -0.3 is 24.3 Å². The van der Waals surface area contributed by atoms with Gasteiger partial charge in [-0.25, -0.2) is 9.78 Å². The molecule has 4 rings (SSSR count). The highest BCUT2D eigenvalue weighted by molar-refractivity contribution is 6.62. The fourth-order valence-electron chi connectivity index (χ4n) is 4.81. The molecule has 1 N–H and O–H groups in total. The molecule has 3 aliphatic heterocycles. The monoisotopic (exact) mass is 429 g/mol. The number of fused-ring (bicyclic) bond motifs is 2. The van der Waals surface area contributed by atoms with Crippen LogP contribution in [0.1, 0.15) is 74.1 Å². The molecule has 0 radical (unpaired) electrons. The summed E-state index contributed by atoms with van der Waals surface area (Å²) in [7, 11) is -0.396. The Bertz CT molecular complexity index is 791. The lowest BCUT2D eigenvalue weighted by Crippen LogP contribution is -2.51. The molecule has 1 aromatic rings. The molecule has 3 saturated heterocycles. The molecule has 0 aliphatic carbocycles. The summed E-state index contributed by atoms with van der Waals surface area (Å²) in [6, 6.07) is 5.05. The lowest BCUT2D eigenvalue weighted by Gasteiger charge is -2.40. The van der Waals surface area contributed by atoms with Gasteiger partial charge in [0, 0.05) is 29.8 Å². The maximum absolute atomic E-state index is 12.2. The van der Waals surface area contributed by atoms with Gasteiger partial charge >= 0.3 is 13.2 Å². The molecule has 8 heteroatoms. The molecule has 3 atom stereocenters. The molecule has 31 heavy (non-hydrogen) atoms. The van der Waals surface area contributed by atoms with Gasteiger partial charge in [0.2, 0.25) is 0 Å². The number of aromatic nitrogens is 1. The quantitative estimate of drug-likeness (QED) is 0.743. The van der Waals surface area contributed by atoms with Crippen LogP contribution >= 0.6 is 0 Å². The minimum atomic E-state index is -0.480. The first-order valence-electron chi connectivity index (χ1n) is 11.4. The molecular weight excluding hydrogens is 393 g/mol. The van der Waals surface area contributed by atoms with Gasteiger partial charge in [0.1, 0.15) is 11.4 Å². The zero-order valence-corrected chi connectivity index (χ0v) is 19.9. The minimum Gasteiger partial charge on any atom is -0.444 e. The number of hydrogen-bond donors (Lipinski definition) is 1. The fourth-order valence-corrected chi connectivity index (χ4v) is 4.81. The van der Waals surface area contributed by atoms with E-state index in [1.807, 2.05) is 27.0 Å². The van der Waals surface area contributed by atoms with E-state index in [1.165, 1.54) is 0 Å². The smallest absolute Gasteiger partial charge is 0.444 e. The van der Waals surface area contributed by atoms with Crippen molar-refractivity contribution in [1.82, 2.24) is 10.3 Å². The van der Waals surface area contributed by atoms with Gasteiger partial charge in [0.05, 0.1) is 11.2 Å². The van der Waals surface area contributed by atoms with E-state index in [1.54, 1.807) is 0 Å². The van der Waals surface area contributed by atoms with Crippen molar-refractivity contribution >= 4 is 24.5 Å². The molecule has 1 aromatic heterocycles. The maximum atomic E-state index is 12.2. The van der Waals surface area contributed by atoms with Crippen LogP contribution in [0.15, 0.2) is 18.3 Å². The van der Waals surface area contributed by atoms with E-state index in [0.29, 0.717) is 12.1 Å². The second-order valence-electron chi connectivity index (χ2n) is 11.1. The Morgan fingerprint density at radius 3 is 2.19 bits per heavy atom. The van der Waals surface area contributed by atoms with Crippen LogP contribution in [0.2, 0.25) is 0 Å². The zero-order valence-electron chi connectivity index (χ0n) is 19.9. The van der Waals surface area contributed by atoms with Gasteiger partial charge in [0.25, 0.3) is 0 Å². The predicted molar refractivity (Wildman–Crippen MR) is 122 cm³/mol. The van der Waals surface area contributed by atoms with E-state index >= 15 is 0 Å². The predicted octanol–water partition coefficient (Wildman–Crippen LogP) is 3.41. The number of hydrogen-bond acceptors (Lipinski definition) is 6. The van der Waals surface area contributed by atoms with Crippen LogP contribution in [-0.4, -0.2) is 53.1 Å². The van der Waals surface area contributed by atoms with Crippen LogP contribution in [0.5, 0.6) is 0 Å². The number of amides is 1. The Labute approximate surface area is 186 Å². The van der Waals surface area contributed by atoms with E-state index in [4.69, 9.17) is 19.0 Å². The van der Waals surface area contributed by atoms with Crippen LogP contribution in [0.3, 0.4) is 0 Å². The Kier molecular flexibility index (Phi) is 5.53. The second kappa shape index (κ2) is 7.66. The number of carbonyl (C=O) groups is 1. The third kappa shape index (κ3) is 4.56. The highest BCUT2D eigenvalue weighted by atomic mass is 16.7. The van der Waals surface area contributed by atoms with Crippen LogP contribution in [-0.2, 0) is 14.0 Å². The summed E-state index contributed by atoms with van der Waals surface area (Å²) in [4.78, 5) is 19.4. The molecule has 7 nitrogen and oxygen atoms in total. The van der Waals surface area contributed by atoms with Crippen molar-refractivity contribution in [2.45, 2.75) is 109 Å². The Balaban J connectivity index is 1.40. The van der Waals surface area contributed by atoms with Crippen LogP contribution in [0, 0.1) is 0 Å². The number of piperidine rings is 1. The van der Waals surface area contributed by atoms with E-state index in [2.05, 4.69) is 50.0 Å². The summed E-state index contributed by atoms with van der Waals surface area (Å²) >= 11 is 0. The minimum absolute atomic E-state index is 0.146. The molecule has 1 amide bonds. The lowest BCUT2D eigenvalue weighted by molar-refractivity contribution is 0.00578. The summed E-state index contributed by atoms with van der Waals surface area (Å²) in [5, 5.41) is 3.07. The van der Waals surface area contributed by atoms with Gasteiger partial charge in [-0.15, -0.1) is 0 Å². The average molecular weight is 429 g/mol. The molecular formula is C23H36BN3O4. The van der Waals surface area contributed by atoms with E-state index in [9.17, 15) is 4.79 Å². The topological polar surface area (TPSA) is 72.9 Å². The van der Waals surface area contributed by atoms with Crippen molar-refractivity contribution in [2.75, 3.05) is 4.90 Å². The molecule has 1 unspecified atom stereocenters. The first kappa shape index (κ1) is 22.4. The number of nitrogens with one attached hydrogen (secondary N) is 1. The third-order valence-corrected chi connectivity index (χ3v) is 7.01. The van der Waals surface area contributed by atoms with Crippen LogP contribution < -0.4 is 15.7 Å². The largest absolute Gasteiger partial charge is 0.496 e. The molecule has 3 fully saturated rings. The molecule has 0 saturated carbocycles. The highest BCUT2D eigenvalue weighted by Crippen LogP contribution is 2.39. The summed E-state index contributed by atoms with van der Waals surface area (Å²) in [5.74, 6) is 0.989. The summed E-state index contributed by atoms with van der Waals surface area (Å²) in [5.41, 5.74) is -0.264. The summed E-state index contributed by atoms with van der Waals surface area (Å²) < 4.78 is 17.7. The number of pyridine rings is 1. The molecule has 2 bridgehead atoms. The van der Waals surface area contributed by atoms with Crippen molar-refractivity contribution in [3.63, 3.8) is 0 Å². The maximum Gasteiger partial charge on any atom is 0.496 e.